The summed E-state index contributed by atoms with van der Waals surface area (Å²) in [6.45, 7) is 0.589. The molecular formula is C23H19N3OS. The van der Waals surface area contributed by atoms with E-state index < -0.39 is 0 Å². The Morgan fingerprint density at radius 1 is 0.964 bits per heavy atom. The van der Waals surface area contributed by atoms with Crippen LogP contribution in [0, 0.1) is 0 Å². The highest BCUT2D eigenvalue weighted by molar-refractivity contribution is 8.18. The number of carbonyl (C=O) groups is 1. The topological polar surface area (TPSA) is 45.6 Å². The quantitative estimate of drug-likeness (QED) is 0.585. The third kappa shape index (κ3) is 4.38. The van der Waals surface area contributed by atoms with Crippen LogP contribution in [0.2, 0.25) is 0 Å². The van der Waals surface area contributed by atoms with E-state index in [-0.39, 0.29) is 5.91 Å². The van der Waals surface area contributed by atoms with Crippen LogP contribution in [0.5, 0.6) is 0 Å². The molecule has 0 radical (unpaired) electrons. The van der Waals surface area contributed by atoms with E-state index in [1.807, 2.05) is 66.7 Å². The van der Waals surface area contributed by atoms with E-state index in [4.69, 9.17) is 4.99 Å². The maximum absolute atomic E-state index is 13.1. The molecule has 28 heavy (non-hydrogen) atoms. The fraction of sp³-hybridized carbons (Fsp3) is 0.0870. The molecule has 4 rings (SSSR count). The Morgan fingerprint density at radius 2 is 1.71 bits per heavy atom. The fourth-order valence-corrected chi connectivity index (χ4v) is 3.92. The van der Waals surface area contributed by atoms with Gasteiger partial charge in [0, 0.05) is 18.9 Å². The molecule has 2 aromatic carbocycles. The molecule has 0 unspecified atom stereocenters. The van der Waals surface area contributed by atoms with Crippen molar-refractivity contribution in [1.29, 1.82) is 0 Å². The van der Waals surface area contributed by atoms with Crippen LogP contribution in [-0.4, -0.2) is 27.5 Å². The zero-order valence-electron chi connectivity index (χ0n) is 15.2. The lowest BCUT2D eigenvalue weighted by Gasteiger charge is -2.15. The minimum Gasteiger partial charge on any atom is -0.286 e. The summed E-state index contributed by atoms with van der Waals surface area (Å²) < 4.78 is 0. The molecule has 2 heterocycles. The molecule has 1 saturated heterocycles. The van der Waals surface area contributed by atoms with Crippen molar-refractivity contribution in [3.8, 4) is 0 Å². The second-order valence-corrected chi connectivity index (χ2v) is 7.33. The number of thioether (sulfide) groups is 1. The smallest absolute Gasteiger partial charge is 0.266 e. The molecule has 0 saturated carbocycles. The van der Waals surface area contributed by atoms with E-state index in [1.54, 1.807) is 17.3 Å². The Hall–Kier alpha value is -3.18. The molecule has 3 aromatic rings. The highest BCUT2D eigenvalue weighted by Crippen LogP contribution is 2.34. The van der Waals surface area contributed by atoms with Crippen LogP contribution in [0.3, 0.4) is 0 Å². The van der Waals surface area contributed by atoms with Crippen molar-refractivity contribution < 1.29 is 4.79 Å². The molecule has 5 heteroatoms. The first-order valence-corrected chi connectivity index (χ1v) is 9.90. The van der Waals surface area contributed by atoms with Gasteiger partial charge in [0.15, 0.2) is 5.17 Å². The third-order valence-corrected chi connectivity index (χ3v) is 5.32. The van der Waals surface area contributed by atoms with E-state index in [2.05, 4.69) is 17.1 Å². The Balaban J connectivity index is 1.62. The molecule has 1 fully saturated rings. The normalized spacial score (nSPS) is 16.9. The number of carbonyl (C=O) groups excluding carboxylic acids is 1. The zero-order chi connectivity index (χ0) is 19.2. The molecule has 0 aliphatic carbocycles. The van der Waals surface area contributed by atoms with Crippen molar-refractivity contribution in [2.75, 3.05) is 6.54 Å². The monoisotopic (exact) mass is 385 g/mol. The molecular weight excluding hydrogens is 366 g/mol. The SMILES string of the molecule is O=C1/C(=C\c2cccnc2)SC(=Nc2ccccc2)N1CCc1ccccc1. The van der Waals surface area contributed by atoms with Gasteiger partial charge >= 0.3 is 0 Å². The lowest BCUT2D eigenvalue weighted by molar-refractivity contribution is -0.122. The van der Waals surface area contributed by atoms with E-state index in [9.17, 15) is 4.79 Å². The number of aromatic nitrogens is 1. The summed E-state index contributed by atoms with van der Waals surface area (Å²) >= 11 is 1.41. The predicted octanol–water partition coefficient (Wildman–Crippen LogP) is 4.93. The number of hydrogen-bond donors (Lipinski definition) is 0. The summed E-state index contributed by atoms with van der Waals surface area (Å²) in [6, 6.07) is 23.7. The Kier molecular flexibility index (Phi) is 5.64. The molecule has 1 aliphatic rings. The first kappa shape index (κ1) is 18.2. The molecule has 1 amide bonds. The van der Waals surface area contributed by atoms with E-state index in [0.29, 0.717) is 16.6 Å². The first-order valence-electron chi connectivity index (χ1n) is 9.09. The highest BCUT2D eigenvalue weighted by Gasteiger charge is 2.33. The second-order valence-electron chi connectivity index (χ2n) is 6.32. The average molecular weight is 385 g/mol. The zero-order valence-corrected chi connectivity index (χ0v) is 16.0. The molecule has 1 aromatic heterocycles. The Labute approximate surface area is 168 Å². The molecule has 1 aliphatic heterocycles. The van der Waals surface area contributed by atoms with Gasteiger partial charge in [-0.2, -0.15) is 0 Å². The molecule has 0 N–H and O–H groups in total. The Morgan fingerprint density at radius 3 is 2.43 bits per heavy atom. The van der Waals surface area contributed by atoms with E-state index in [0.717, 1.165) is 17.7 Å². The Bertz CT molecular complexity index is 1000. The number of nitrogens with zero attached hydrogens (tertiary/aromatic N) is 3. The number of hydrogen-bond acceptors (Lipinski definition) is 4. The highest BCUT2D eigenvalue weighted by atomic mass is 32.2. The summed E-state index contributed by atoms with van der Waals surface area (Å²) in [5, 5.41) is 0.710. The van der Waals surface area contributed by atoms with Crippen LogP contribution in [0.15, 0.2) is 95.1 Å². The average Bonchev–Trinajstić information content (AvgIpc) is 3.03. The number of benzene rings is 2. The van der Waals surface area contributed by atoms with Gasteiger partial charge in [-0.15, -0.1) is 0 Å². The van der Waals surface area contributed by atoms with Gasteiger partial charge in [0.05, 0.1) is 10.6 Å². The lowest BCUT2D eigenvalue weighted by Crippen LogP contribution is -2.31. The van der Waals surface area contributed by atoms with E-state index >= 15 is 0 Å². The molecule has 0 spiro atoms. The molecule has 4 nitrogen and oxygen atoms in total. The van der Waals surface area contributed by atoms with Gasteiger partial charge in [0.1, 0.15) is 0 Å². The summed E-state index contributed by atoms with van der Waals surface area (Å²) in [5.74, 6) is -0.0144. The summed E-state index contributed by atoms with van der Waals surface area (Å²) in [6.07, 6.45) is 6.13. The van der Waals surface area contributed by atoms with Crippen LogP contribution in [0.1, 0.15) is 11.1 Å². The molecule has 138 valence electrons. The predicted molar refractivity (Wildman–Crippen MR) is 115 cm³/mol. The van der Waals surface area contributed by atoms with Gasteiger partial charge in [-0.1, -0.05) is 54.6 Å². The maximum atomic E-state index is 13.1. The summed E-state index contributed by atoms with van der Waals surface area (Å²) in [7, 11) is 0. The standard InChI is InChI=1S/C23H19N3OS/c27-22-21(16-19-10-7-14-24-17-19)28-23(25-20-11-5-2-6-12-20)26(22)15-13-18-8-3-1-4-9-18/h1-12,14,16-17H,13,15H2/b21-16+,25-23?. The van der Waals surface area contributed by atoms with Crippen molar-refractivity contribution in [3.05, 3.63) is 101 Å². The lowest BCUT2D eigenvalue weighted by atomic mass is 10.1. The van der Waals surface area contributed by atoms with E-state index in [1.165, 1.54) is 17.3 Å². The van der Waals surface area contributed by atoms with Crippen molar-refractivity contribution >= 4 is 34.6 Å². The van der Waals surface area contributed by atoms with Crippen LogP contribution >= 0.6 is 11.8 Å². The maximum Gasteiger partial charge on any atom is 0.266 e. The van der Waals surface area contributed by atoms with Crippen LogP contribution in [0.4, 0.5) is 5.69 Å². The minimum atomic E-state index is -0.0144. The number of amides is 1. The first-order chi connectivity index (χ1) is 13.8. The van der Waals surface area contributed by atoms with Crippen molar-refractivity contribution in [1.82, 2.24) is 9.88 Å². The van der Waals surface area contributed by atoms with Crippen molar-refractivity contribution in [2.24, 2.45) is 4.99 Å². The number of amidine groups is 1. The van der Waals surface area contributed by atoms with Gasteiger partial charge in [-0.25, -0.2) is 4.99 Å². The van der Waals surface area contributed by atoms with Crippen molar-refractivity contribution in [2.45, 2.75) is 6.42 Å². The summed E-state index contributed by atoms with van der Waals surface area (Å²) in [4.78, 5) is 24.3. The van der Waals surface area contributed by atoms with Gasteiger partial charge in [0.2, 0.25) is 0 Å². The fourth-order valence-electron chi connectivity index (χ4n) is 2.90. The third-order valence-electron chi connectivity index (χ3n) is 4.32. The second kappa shape index (κ2) is 8.67. The molecule has 0 atom stereocenters. The van der Waals surface area contributed by atoms with Gasteiger partial charge < -0.3 is 0 Å². The number of aliphatic imine (C=N–C) groups is 1. The van der Waals surface area contributed by atoms with Crippen LogP contribution in [-0.2, 0) is 11.2 Å². The minimum absolute atomic E-state index is 0.0144. The number of rotatable bonds is 5. The van der Waals surface area contributed by atoms with Crippen LogP contribution < -0.4 is 0 Å². The summed E-state index contributed by atoms with van der Waals surface area (Å²) in [5.41, 5.74) is 2.94. The van der Waals surface area contributed by atoms with Gasteiger partial charge in [-0.05, 0) is 53.6 Å². The van der Waals surface area contributed by atoms with Gasteiger partial charge in [-0.3, -0.25) is 14.7 Å². The van der Waals surface area contributed by atoms with Crippen molar-refractivity contribution in [3.63, 3.8) is 0 Å². The number of pyridine rings is 1. The van der Waals surface area contributed by atoms with Gasteiger partial charge in [0.25, 0.3) is 5.91 Å². The number of para-hydroxylation sites is 1. The largest absolute Gasteiger partial charge is 0.286 e. The molecule has 0 bridgehead atoms. The van der Waals surface area contributed by atoms with Crippen LogP contribution in [0.25, 0.3) is 6.08 Å².